The van der Waals surface area contributed by atoms with Crippen LogP contribution in [0, 0.1) is 6.92 Å². The minimum atomic E-state index is -0.833. The van der Waals surface area contributed by atoms with E-state index in [1.54, 1.807) is 0 Å². The number of aliphatic carboxylic acids is 1. The van der Waals surface area contributed by atoms with Gasteiger partial charge in [0.15, 0.2) is 0 Å². The van der Waals surface area contributed by atoms with Crippen LogP contribution in [0.3, 0.4) is 0 Å². The molecule has 0 saturated heterocycles. The number of carbonyl (C=O) groups excluding carboxylic acids is 1. The number of pyridine rings is 1. The molecule has 0 radical (unpaired) electrons. The second kappa shape index (κ2) is 14.0. The van der Waals surface area contributed by atoms with Gasteiger partial charge in [0.25, 0.3) is 5.97 Å². The molecule has 1 N–H and O–H groups in total. The molecule has 2 heterocycles. The minimum Gasteiger partial charge on any atom is -0.481 e. The Morgan fingerprint density at radius 3 is 2.37 bits per heavy atom. The van der Waals surface area contributed by atoms with Crippen molar-refractivity contribution in [1.82, 2.24) is 9.88 Å². The van der Waals surface area contributed by atoms with Crippen LogP contribution in [0.1, 0.15) is 23.6 Å². The van der Waals surface area contributed by atoms with Gasteiger partial charge in [-0.3, -0.25) is 14.7 Å². The third-order valence-electron chi connectivity index (χ3n) is 4.27. The summed E-state index contributed by atoms with van der Waals surface area (Å²) in [7, 11) is 2.13. The van der Waals surface area contributed by atoms with E-state index >= 15 is 0 Å². The summed E-state index contributed by atoms with van der Waals surface area (Å²) in [5.41, 5.74) is 5.07. The number of para-hydroxylation sites is 1. The number of nitrogens with zero attached hydrogens (tertiary/aromatic N) is 2. The number of hydrogen-bond acceptors (Lipinski definition) is 5. The molecule has 0 bridgehead atoms. The van der Waals surface area contributed by atoms with Crippen LogP contribution in [0.15, 0.2) is 60.8 Å². The zero-order chi connectivity index (χ0) is 22.4. The molecule has 0 fully saturated rings. The summed E-state index contributed by atoms with van der Waals surface area (Å²) >= 11 is 0. The second-order valence-corrected chi connectivity index (χ2v) is 6.73. The maximum atomic E-state index is 9.00. The van der Waals surface area contributed by atoms with Crippen LogP contribution in [-0.2, 0) is 27.5 Å². The SMILES string of the molecule is C=O.CC(=O)O.CN1CCOCc2ccccc2C1.Cc1cccc2cccnc12. The average Bonchev–Trinajstić information content (AvgIpc) is 2.73. The Balaban J connectivity index is 0.000000241. The predicted octanol–water partition coefficient (Wildman–Crippen LogP) is 4.10. The molecule has 160 valence electrons. The highest BCUT2D eigenvalue weighted by molar-refractivity contribution is 5.81. The first-order valence-corrected chi connectivity index (χ1v) is 9.59. The molecule has 30 heavy (non-hydrogen) atoms. The minimum absolute atomic E-state index is 0.768. The van der Waals surface area contributed by atoms with Gasteiger partial charge in [-0.2, -0.15) is 0 Å². The van der Waals surface area contributed by atoms with Gasteiger partial charge in [0.05, 0.1) is 18.7 Å². The highest BCUT2D eigenvalue weighted by Crippen LogP contribution is 2.14. The van der Waals surface area contributed by atoms with Crippen molar-refractivity contribution in [3.05, 3.63) is 77.5 Å². The van der Waals surface area contributed by atoms with Crippen molar-refractivity contribution >= 4 is 23.7 Å². The normalized spacial score (nSPS) is 12.9. The summed E-state index contributed by atoms with van der Waals surface area (Å²) in [6.07, 6.45) is 1.83. The Morgan fingerprint density at radius 1 is 1.07 bits per heavy atom. The molecule has 4 rings (SSSR count). The first-order valence-electron chi connectivity index (χ1n) is 9.59. The molecule has 0 spiro atoms. The lowest BCUT2D eigenvalue weighted by Crippen LogP contribution is -2.25. The Hall–Kier alpha value is -3.09. The monoisotopic (exact) mass is 410 g/mol. The summed E-state index contributed by atoms with van der Waals surface area (Å²) < 4.78 is 5.53. The molecule has 1 aliphatic rings. The van der Waals surface area contributed by atoms with E-state index in [-0.39, 0.29) is 0 Å². The van der Waals surface area contributed by atoms with E-state index in [2.05, 4.69) is 72.4 Å². The average molecular weight is 411 g/mol. The van der Waals surface area contributed by atoms with Gasteiger partial charge in [0, 0.05) is 31.6 Å². The van der Waals surface area contributed by atoms with Gasteiger partial charge < -0.3 is 14.6 Å². The third kappa shape index (κ3) is 8.94. The number of ether oxygens (including phenoxy) is 1. The number of carboxylic acid groups (broad SMARTS) is 1. The van der Waals surface area contributed by atoms with Crippen LogP contribution in [0.4, 0.5) is 0 Å². The standard InChI is InChI=1S/C11H15NO.C10H9N.C2H4O2.CH2O/c1-12-6-7-13-9-11-5-3-2-4-10(11)8-12;1-8-4-2-5-9-6-3-7-11-10(8)9;1-2(3)4;1-2/h2-5H,6-9H2,1H3;2-7H,1H3;1H3,(H,3,4);1H2. The second-order valence-electron chi connectivity index (χ2n) is 6.73. The Kier molecular flexibility index (Phi) is 11.6. The zero-order valence-corrected chi connectivity index (χ0v) is 17.9. The Morgan fingerprint density at radius 2 is 1.70 bits per heavy atom. The Bertz CT molecular complexity index is 905. The van der Waals surface area contributed by atoms with Gasteiger partial charge in [0.2, 0.25) is 0 Å². The molecule has 3 aromatic rings. The summed E-state index contributed by atoms with van der Waals surface area (Å²) in [6, 6.07) is 18.7. The van der Waals surface area contributed by atoms with Crippen LogP contribution in [0.5, 0.6) is 0 Å². The first-order chi connectivity index (χ1) is 14.5. The van der Waals surface area contributed by atoms with Gasteiger partial charge in [-0.15, -0.1) is 0 Å². The van der Waals surface area contributed by atoms with E-state index in [9.17, 15) is 0 Å². The van der Waals surface area contributed by atoms with E-state index in [0.29, 0.717) is 0 Å². The largest absolute Gasteiger partial charge is 0.481 e. The van der Waals surface area contributed by atoms with E-state index < -0.39 is 5.97 Å². The van der Waals surface area contributed by atoms with E-state index in [4.69, 9.17) is 19.4 Å². The van der Waals surface area contributed by atoms with Crippen LogP contribution in [0.2, 0.25) is 0 Å². The fourth-order valence-corrected chi connectivity index (χ4v) is 2.88. The van der Waals surface area contributed by atoms with Crippen molar-refractivity contribution in [1.29, 1.82) is 0 Å². The van der Waals surface area contributed by atoms with Crippen LogP contribution < -0.4 is 0 Å². The number of hydrogen-bond donors (Lipinski definition) is 1. The number of fused-ring (bicyclic) bond motifs is 2. The number of benzene rings is 2. The number of carbonyl (C=O) groups is 2. The molecular formula is C24H30N2O4. The summed E-state index contributed by atoms with van der Waals surface area (Å²) in [6.45, 7) is 8.83. The molecule has 1 aliphatic heterocycles. The highest BCUT2D eigenvalue weighted by atomic mass is 16.5. The van der Waals surface area contributed by atoms with Crippen molar-refractivity contribution in [3.63, 3.8) is 0 Å². The molecule has 0 atom stereocenters. The number of carboxylic acids is 1. The molecule has 0 amide bonds. The van der Waals surface area contributed by atoms with Crippen LogP contribution >= 0.6 is 0 Å². The van der Waals surface area contributed by atoms with Crippen molar-refractivity contribution in [3.8, 4) is 0 Å². The lowest BCUT2D eigenvalue weighted by Gasteiger charge is -2.22. The fraction of sp³-hybridized carbons (Fsp3) is 0.292. The molecule has 0 saturated carbocycles. The number of likely N-dealkylation sites (N-methyl/N-ethyl adjacent to an activating group) is 1. The summed E-state index contributed by atoms with van der Waals surface area (Å²) in [5, 5.41) is 8.63. The highest BCUT2D eigenvalue weighted by Gasteiger charge is 2.08. The van der Waals surface area contributed by atoms with Crippen molar-refractivity contribution in [2.75, 3.05) is 20.2 Å². The third-order valence-corrected chi connectivity index (χ3v) is 4.27. The quantitative estimate of drug-likeness (QED) is 0.601. The van der Waals surface area contributed by atoms with Gasteiger partial charge >= 0.3 is 0 Å². The van der Waals surface area contributed by atoms with Gasteiger partial charge in [-0.1, -0.05) is 48.5 Å². The van der Waals surface area contributed by atoms with Gasteiger partial charge in [0.1, 0.15) is 6.79 Å². The number of aromatic nitrogens is 1. The molecule has 2 aromatic carbocycles. The van der Waals surface area contributed by atoms with Crippen LogP contribution in [0.25, 0.3) is 10.9 Å². The smallest absolute Gasteiger partial charge is 0.300 e. The number of rotatable bonds is 0. The maximum Gasteiger partial charge on any atom is 0.300 e. The zero-order valence-electron chi connectivity index (χ0n) is 17.9. The molecule has 1 aromatic heterocycles. The van der Waals surface area contributed by atoms with Gasteiger partial charge in [-0.05, 0) is 36.7 Å². The predicted molar refractivity (Wildman–Crippen MR) is 119 cm³/mol. The first kappa shape index (κ1) is 24.9. The van der Waals surface area contributed by atoms with E-state index in [1.165, 1.54) is 22.1 Å². The molecule has 6 heteroatoms. The van der Waals surface area contributed by atoms with Crippen LogP contribution in [-0.4, -0.2) is 47.9 Å². The van der Waals surface area contributed by atoms with E-state index in [1.807, 2.05) is 19.1 Å². The van der Waals surface area contributed by atoms with Crippen molar-refractivity contribution < 1.29 is 19.4 Å². The molecule has 0 unspecified atom stereocenters. The topological polar surface area (TPSA) is 79.7 Å². The number of aryl methyl sites for hydroxylation is 1. The molecule has 0 aliphatic carbocycles. The molecular weight excluding hydrogens is 380 g/mol. The van der Waals surface area contributed by atoms with Crippen molar-refractivity contribution in [2.24, 2.45) is 0 Å². The van der Waals surface area contributed by atoms with Crippen molar-refractivity contribution in [2.45, 2.75) is 27.0 Å². The Labute approximate surface area is 178 Å². The lowest BCUT2D eigenvalue weighted by atomic mass is 10.1. The fourth-order valence-electron chi connectivity index (χ4n) is 2.88. The summed E-state index contributed by atoms with van der Waals surface area (Å²) in [4.78, 5) is 23.6. The summed E-state index contributed by atoms with van der Waals surface area (Å²) in [5.74, 6) is -0.833. The molecule has 6 nitrogen and oxygen atoms in total. The van der Waals surface area contributed by atoms with E-state index in [0.717, 1.165) is 38.7 Å². The maximum absolute atomic E-state index is 9.00. The van der Waals surface area contributed by atoms with Gasteiger partial charge in [-0.25, -0.2) is 0 Å². The lowest BCUT2D eigenvalue weighted by molar-refractivity contribution is -0.134.